The lowest BCUT2D eigenvalue weighted by atomic mass is 9.81. The summed E-state index contributed by atoms with van der Waals surface area (Å²) in [5.74, 6) is -0.930. The molecule has 0 spiro atoms. The van der Waals surface area contributed by atoms with Gasteiger partial charge in [0.25, 0.3) is 0 Å². The summed E-state index contributed by atoms with van der Waals surface area (Å²) in [6.07, 6.45) is 0. The molecule has 1 amide bonds. The van der Waals surface area contributed by atoms with Gasteiger partial charge in [-0.15, -0.1) is 0 Å². The van der Waals surface area contributed by atoms with Gasteiger partial charge in [0.05, 0.1) is 0 Å². The van der Waals surface area contributed by atoms with Crippen LogP contribution < -0.4 is 0 Å². The van der Waals surface area contributed by atoms with Crippen LogP contribution in [0.2, 0.25) is 0 Å². The van der Waals surface area contributed by atoms with Crippen LogP contribution in [0, 0.1) is 18.3 Å². The first-order valence-corrected chi connectivity index (χ1v) is 6.91. The van der Waals surface area contributed by atoms with E-state index in [1.807, 2.05) is 6.92 Å². The average Bonchev–Trinajstić information content (AvgIpc) is 3.03. The topological polar surface area (TPSA) is 99.8 Å². The van der Waals surface area contributed by atoms with E-state index in [-0.39, 0.29) is 18.4 Å². The summed E-state index contributed by atoms with van der Waals surface area (Å²) in [7, 11) is 0. The van der Waals surface area contributed by atoms with Gasteiger partial charge < -0.3 is 10.0 Å². The Morgan fingerprint density at radius 3 is 2.67 bits per heavy atom. The van der Waals surface area contributed by atoms with Crippen molar-refractivity contribution in [3.8, 4) is 0 Å². The first-order chi connectivity index (χ1) is 9.92. The first kappa shape index (κ1) is 14.0. The first-order valence-electron chi connectivity index (χ1n) is 6.91. The van der Waals surface area contributed by atoms with E-state index in [9.17, 15) is 14.7 Å². The molecule has 0 radical (unpaired) electrons. The van der Waals surface area contributed by atoms with Gasteiger partial charge in [-0.1, -0.05) is 10.3 Å². The molecule has 2 aliphatic heterocycles. The van der Waals surface area contributed by atoms with Gasteiger partial charge in [0.2, 0.25) is 5.91 Å². The Morgan fingerprint density at radius 1 is 1.38 bits per heavy atom. The fraction of sp³-hybridized carbons (Fsp3) is 0.692. The van der Waals surface area contributed by atoms with Crippen molar-refractivity contribution in [2.75, 3.05) is 26.2 Å². The van der Waals surface area contributed by atoms with Crippen molar-refractivity contribution < 1.29 is 19.3 Å². The van der Waals surface area contributed by atoms with Crippen LogP contribution in [0.15, 0.2) is 4.63 Å². The molecule has 1 aromatic heterocycles. The van der Waals surface area contributed by atoms with Crippen LogP contribution in [0.3, 0.4) is 0 Å². The minimum atomic E-state index is -0.864. The SMILES string of the molecule is CC(=O)N1C[C@H]2CN(Cc3nonc3C)C[C@@]2(C(=O)O)C1. The van der Waals surface area contributed by atoms with Crippen molar-refractivity contribution in [1.29, 1.82) is 0 Å². The Labute approximate surface area is 121 Å². The predicted molar refractivity (Wildman–Crippen MR) is 70.1 cm³/mol. The lowest BCUT2D eigenvalue weighted by molar-refractivity contribution is -0.149. The van der Waals surface area contributed by atoms with Crippen molar-refractivity contribution in [2.24, 2.45) is 11.3 Å². The number of hydrogen-bond donors (Lipinski definition) is 1. The van der Waals surface area contributed by atoms with E-state index >= 15 is 0 Å². The number of aliphatic carboxylic acids is 1. The summed E-state index contributed by atoms with van der Waals surface area (Å²) < 4.78 is 4.67. The molecule has 21 heavy (non-hydrogen) atoms. The number of amides is 1. The monoisotopic (exact) mass is 294 g/mol. The molecule has 8 nitrogen and oxygen atoms in total. The summed E-state index contributed by atoms with van der Waals surface area (Å²) >= 11 is 0. The zero-order valence-electron chi connectivity index (χ0n) is 12.1. The van der Waals surface area contributed by atoms with Crippen molar-refractivity contribution in [3.05, 3.63) is 11.4 Å². The minimum Gasteiger partial charge on any atom is -0.481 e. The van der Waals surface area contributed by atoms with Gasteiger partial charge in [-0.2, -0.15) is 0 Å². The third kappa shape index (κ3) is 2.19. The maximum absolute atomic E-state index is 11.8. The zero-order chi connectivity index (χ0) is 15.2. The van der Waals surface area contributed by atoms with Crippen LogP contribution in [0.1, 0.15) is 18.3 Å². The van der Waals surface area contributed by atoms with Crippen LogP contribution in [-0.2, 0) is 16.1 Å². The van der Waals surface area contributed by atoms with Gasteiger partial charge in [-0.05, 0) is 6.92 Å². The lowest BCUT2D eigenvalue weighted by Crippen LogP contribution is -2.41. The second-order valence-corrected chi connectivity index (χ2v) is 6.02. The van der Waals surface area contributed by atoms with Gasteiger partial charge in [0, 0.05) is 45.6 Å². The molecule has 2 atom stereocenters. The molecule has 114 valence electrons. The van der Waals surface area contributed by atoms with Gasteiger partial charge in [-0.25, -0.2) is 4.63 Å². The molecule has 2 saturated heterocycles. The number of fused-ring (bicyclic) bond motifs is 1. The molecule has 1 aromatic rings. The molecule has 8 heteroatoms. The Balaban J connectivity index is 1.77. The van der Waals surface area contributed by atoms with Crippen molar-refractivity contribution >= 4 is 11.9 Å². The van der Waals surface area contributed by atoms with E-state index in [0.29, 0.717) is 26.2 Å². The number of likely N-dealkylation sites (tertiary alicyclic amines) is 2. The Kier molecular flexibility index (Phi) is 3.20. The third-order valence-corrected chi connectivity index (χ3v) is 4.67. The highest BCUT2D eigenvalue weighted by Crippen LogP contribution is 2.43. The minimum absolute atomic E-state index is 0.0425. The molecule has 0 bridgehead atoms. The van der Waals surface area contributed by atoms with E-state index in [2.05, 4.69) is 19.8 Å². The Bertz CT molecular complexity index is 586. The van der Waals surface area contributed by atoms with E-state index < -0.39 is 11.4 Å². The van der Waals surface area contributed by atoms with Gasteiger partial charge in [-0.3, -0.25) is 14.5 Å². The summed E-state index contributed by atoms with van der Waals surface area (Å²) in [5, 5.41) is 17.2. The zero-order valence-corrected chi connectivity index (χ0v) is 12.1. The van der Waals surface area contributed by atoms with Crippen LogP contribution in [0.4, 0.5) is 0 Å². The molecule has 2 aliphatic rings. The van der Waals surface area contributed by atoms with Gasteiger partial charge in [0.15, 0.2) is 0 Å². The normalized spacial score (nSPS) is 28.9. The van der Waals surface area contributed by atoms with E-state index in [1.54, 1.807) is 4.90 Å². The summed E-state index contributed by atoms with van der Waals surface area (Å²) in [6, 6.07) is 0. The van der Waals surface area contributed by atoms with Crippen LogP contribution in [-0.4, -0.2) is 63.3 Å². The summed E-state index contributed by atoms with van der Waals surface area (Å²) in [5.41, 5.74) is 0.595. The highest BCUT2D eigenvalue weighted by molar-refractivity contribution is 5.80. The van der Waals surface area contributed by atoms with Crippen LogP contribution in [0.5, 0.6) is 0 Å². The van der Waals surface area contributed by atoms with Gasteiger partial charge >= 0.3 is 5.97 Å². The molecule has 0 aromatic carbocycles. The number of carboxylic acids is 1. The second-order valence-electron chi connectivity index (χ2n) is 6.02. The highest BCUT2D eigenvalue weighted by Gasteiger charge is 2.58. The third-order valence-electron chi connectivity index (χ3n) is 4.67. The molecule has 3 rings (SSSR count). The molecule has 0 aliphatic carbocycles. The van der Waals surface area contributed by atoms with Gasteiger partial charge in [0.1, 0.15) is 16.8 Å². The van der Waals surface area contributed by atoms with Crippen molar-refractivity contribution in [3.63, 3.8) is 0 Å². The Morgan fingerprint density at radius 2 is 2.14 bits per heavy atom. The van der Waals surface area contributed by atoms with E-state index in [4.69, 9.17) is 0 Å². The number of rotatable bonds is 3. The lowest BCUT2D eigenvalue weighted by Gasteiger charge is -2.24. The molecular formula is C13H18N4O4. The number of aromatic nitrogens is 2. The van der Waals surface area contributed by atoms with E-state index in [0.717, 1.165) is 11.4 Å². The molecule has 1 N–H and O–H groups in total. The molecule has 3 heterocycles. The molecule has 2 fully saturated rings. The fourth-order valence-electron chi connectivity index (χ4n) is 3.44. The second kappa shape index (κ2) is 4.80. The number of aryl methyl sites for hydroxylation is 1. The predicted octanol–water partition coefficient (Wildman–Crippen LogP) is -0.257. The maximum atomic E-state index is 11.8. The molecular weight excluding hydrogens is 276 g/mol. The number of carbonyl (C=O) groups is 2. The standard InChI is InChI=1S/C13H18N4O4/c1-8-11(15-21-14-8)5-16-3-10-4-17(9(2)18)7-13(10,6-16)12(19)20/h10H,3-7H2,1-2H3,(H,19,20)/t10-,13-/m1/s1. The summed E-state index contributed by atoms with van der Waals surface area (Å²) in [4.78, 5) is 27.0. The number of hydrogen-bond acceptors (Lipinski definition) is 6. The largest absolute Gasteiger partial charge is 0.481 e. The highest BCUT2D eigenvalue weighted by atomic mass is 16.6. The van der Waals surface area contributed by atoms with Crippen LogP contribution >= 0.6 is 0 Å². The smallest absolute Gasteiger partial charge is 0.313 e. The van der Waals surface area contributed by atoms with E-state index in [1.165, 1.54) is 6.92 Å². The maximum Gasteiger partial charge on any atom is 0.313 e. The van der Waals surface area contributed by atoms with Crippen molar-refractivity contribution in [1.82, 2.24) is 20.1 Å². The van der Waals surface area contributed by atoms with Crippen LogP contribution in [0.25, 0.3) is 0 Å². The number of carbonyl (C=O) groups excluding carboxylic acids is 1. The fourth-order valence-corrected chi connectivity index (χ4v) is 3.44. The quantitative estimate of drug-likeness (QED) is 0.820. The van der Waals surface area contributed by atoms with Crippen molar-refractivity contribution in [2.45, 2.75) is 20.4 Å². The molecule has 0 unspecified atom stereocenters. The number of carboxylic acid groups (broad SMARTS) is 1. The molecule has 0 saturated carbocycles. The number of nitrogens with zero attached hydrogens (tertiary/aromatic N) is 4. The average molecular weight is 294 g/mol. The Hall–Kier alpha value is -1.96. The summed E-state index contributed by atoms with van der Waals surface area (Å²) in [6.45, 7) is 5.68.